The molecule has 0 aromatic heterocycles. The molecule has 1 aliphatic rings. The van der Waals surface area contributed by atoms with E-state index in [4.69, 9.17) is 0 Å². The Morgan fingerprint density at radius 3 is 2.53 bits per heavy atom. The topological polar surface area (TPSA) is 27.6 Å². The van der Waals surface area contributed by atoms with Crippen LogP contribution in [0.1, 0.15) is 31.4 Å². The molecule has 2 rings (SSSR count). The van der Waals surface area contributed by atoms with Crippen LogP contribution in [-0.2, 0) is 6.54 Å². The van der Waals surface area contributed by atoms with Gasteiger partial charge in [0.2, 0.25) is 0 Å². The summed E-state index contributed by atoms with van der Waals surface area (Å²) in [4.78, 5) is 6.76. The van der Waals surface area contributed by atoms with Crippen molar-refractivity contribution in [1.82, 2.24) is 10.2 Å². The summed E-state index contributed by atoms with van der Waals surface area (Å²) >= 11 is 0. The van der Waals surface area contributed by atoms with Crippen LogP contribution in [0.3, 0.4) is 0 Å². The predicted octanol–water partition coefficient (Wildman–Crippen LogP) is 2.80. The van der Waals surface area contributed by atoms with E-state index in [1.54, 1.807) is 0 Å². The zero-order chi connectivity index (χ0) is 13.9. The van der Waals surface area contributed by atoms with Crippen LogP contribution in [0.15, 0.2) is 29.3 Å². The van der Waals surface area contributed by atoms with Crippen LogP contribution >= 0.6 is 0 Å². The van der Waals surface area contributed by atoms with E-state index in [9.17, 15) is 0 Å². The number of aliphatic imine (C=N–C) groups is 1. The number of hydrogen-bond acceptors (Lipinski definition) is 1. The second-order valence-electron chi connectivity index (χ2n) is 6.22. The third-order valence-corrected chi connectivity index (χ3v) is 3.76. The molecule has 1 aliphatic heterocycles. The van der Waals surface area contributed by atoms with Crippen molar-refractivity contribution in [2.24, 2.45) is 10.4 Å². The number of nitrogens with one attached hydrogen (secondary N) is 1. The summed E-state index contributed by atoms with van der Waals surface area (Å²) < 4.78 is 0. The number of aryl methyl sites for hydroxylation is 1. The fourth-order valence-corrected chi connectivity index (χ4v) is 2.51. The van der Waals surface area contributed by atoms with Crippen molar-refractivity contribution in [1.29, 1.82) is 0 Å². The number of benzene rings is 1. The van der Waals surface area contributed by atoms with Crippen LogP contribution in [0.2, 0.25) is 0 Å². The Hall–Kier alpha value is -1.51. The summed E-state index contributed by atoms with van der Waals surface area (Å²) in [6.45, 7) is 9.77. The maximum Gasteiger partial charge on any atom is 0.193 e. The Morgan fingerprint density at radius 2 is 2.00 bits per heavy atom. The molecule has 1 heterocycles. The van der Waals surface area contributed by atoms with E-state index in [1.807, 2.05) is 7.05 Å². The Bertz CT molecular complexity index is 446. The molecule has 0 bridgehead atoms. The van der Waals surface area contributed by atoms with Gasteiger partial charge in [0.05, 0.1) is 0 Å². The minimum absolute atomic E-state index is 0.404. The Kier molecular flexibility index (Phi) is 4.13. The zero-order valence-electron chi connectivity index (χ0n) is 12.5. The lowest BCUT2D eigenvalue weighted by molar-refractivity contribution is 0.370. The summed E-state index contributed by atoms with van der Waals surface area (Å²) in [7, 11) is 1.86. The maximum absolute atomic E-state index is 4.40. The van der Waals surface area contributed by atoms with Gasteiger partial charge in [-0.05, 0) is 24.3 Å². The minimum Gasteiger partial charge on any atom is -0.352 e. The van der Waals surface area contributed by atoms with E-state index in [1.165, 1.54) is 17.5 Å². The monoisotopic (exact) mass is 259 g/mol. The zero-order valence-corrected chi connectivity index (χ0v) is 12.5. The lowest BCUT2D eigenvalue weighted by Crippen LogP contribution is -2.40. The van der Waals surface area contributed by atoms with E-state index in [-0.39, 0.29) is 0 Å². The first kappa shape index (κ1) is 13.9. The number of hydrogen-bond donors (Lipinski definition) is 1. The molecular formula is C16H25N3. The van der Waals surface area contributed by atoms with Gasteiger partial charge in [0.1, 0.15) is 0 Å². The van der Waals surface area contributed by atoms with Crippen molar-refractivity contribution < 1.29 is 0 Å². The molecule has 0 unspecified atom stereocenters. The molecule has 19 heavy (non-hydrogen) atoms. The van der Waals surface area contributed by atoms with Gasteiger partial charge in [-0.2, -0.15) is 0 Å². The minimum atomic E-state index is 0.404. The highest BCUT2D eigenvalue weighted by atomic mass is 15.3. The molecule has 3 heteroatoms. The third-order valence-electron chi connectivity index (χ3n) is 3.76. The molecular weight excluding hydrogens is 234 g/mol. The second kappa shape index (κ2) is 5.64. The highest BCUT2D eigenvalue weighted by Gasteiger charge is 2.30. The van der Waals surface area contributed by atoms with Crippen molar-refractivity contribution in [3.05, 3.63) is 35.4 Å². The largest absolute Gasteiger partial charge is 0.352 e. The number of rotatable bonds is 2. The van der Waals surface area contributed by atoms with Crippen LogP contribution in [-0.4, -0.2) is 31.0 Å². The van der Waals surface area contributed by atoms with Gasteiger partial charge in [-0.3, -0.25) is 4.99 Å². The molecule has 0 spiro atoms. The highest BCUT2D eigenvalue weighted by molar-refractivity contribution is 5.80. The summed E-state index contributed by atoms with van der Waals surface area (Å²) in [5, 5.41) is 3.46. The van der Waals surface area contributed by atoms with Gasteiger partial charge >= 0.3 is 0 Å². The van der Waals surface area contributed by atoms with Gasteiger partial charge in [-0.1, -0.05) is 43.7 Å². The van der Waals surface area contributed by atoms with Gasteiger partial charge in [0, 0.05) is 26.7 Å². The van der Waals surface area contributed by atoms with Crippen molar-refractivity contribution in [2.45, 2.75) is 33.7 Å². The van der Waals surface area contributed by atoms with E-state index in [0.717, 1.165) is 25.6 Å². The fraction of sp³-hybridized carbons (Fsp3) is 0.562. The molecule has 3 nitrogen and oxygen atoms in total. The van der Waals surface area contributed by atoms with Crippen molar-refractivity contribution in [3.63, 3.8) is 0 Å². The molecule has 0 atom stereocenters. The normalized spacial score (nSPS) is 18.7. The Labute approximate surface area is 116 Å². The second-order valence-corrected chi connectivity index (χ2v) is 6.22. The molecule has 1 fully saturated rings. The van der Waals surface area contributed by atoms with E-state index < -0.39 is 0 Å². The average Bonchev–Trinajstić information content (AvgIpc) is 2.73. The van der Waals surface area contributed by atoms with Crippen molar-refractivity contribution in [3.8, 4) is 0 Å². The first-order valence-electron chi connectivity index (χ1n) is 7.01. The maximum atomic E-state index is 4.40. The fourth-order valence-electron chi connectivity index (χ4n) is 2.51. The molecule has 1 aromatic rings. The molecule has 1 aromatic carbocycles. The Morgan fingerprint density at radius 1 is 1.32 bits per heavy atom. The summed E-state index contributed by atoms with van der Waals surface area (Å²) in [5.41, 5.74) is 3.00. The van der Waals surface area contributed by atoms with Crippen LogP contribution in [0.4, 0.5) is 0 Å². The van der Waals surface area contributed by atoms with Gasteiger partial charge in [0.25, 0.3) is 0 Å². The smallest absolute Gasteiger partial charge is 0.193 e. The number of nitrogens with zero attached hydrogens (tertiary/aromatic N) is 2. The predicted molar refractivity (Wildman–Crippen MR) is 81.3 cm³/mol. The first-order valence-corrected chi connectivity index (χ1v) is 7.01. The van der Waals surface area contributed by atoms with Crippen LogP contribution in [0.25, 0.3) is 0 Å². The number of likely N-dealkylation sites (tertiary alicyclic amines) is 1. The van der Waals surface area contributed by atoms with Crippen LogP contribution in [0, 0.1) is 12.3 Å². The average molecular weight is 259 g/mol. The SMILES string of the molecule is CN=C(NCc1ccc(C)cc1)N1CCC(C)(C)C1. The number of guanidine groups is 1. The van der Waals surface area contributed by atoms with Crippen LogP contribution < -0.4 is 5.32 Å². The van der Waals surface area contributed by atoms with E-state index in [0.29, 0.717) is 5.41 Å². The molecule has 0 radical (unpaired) electrons. The third kappa shape index (κ3) is 3.72. The van der Waals surface area contributed by atoms with Gasteiger partial charge in [-0.15, -0.1) is 0 Å². The van der Waals surface area contributed by atoms with Gasteiger partial charge in [0.15, 0.2) is 5.96 Å². The summed E-state index contributed by atoms with van der Waals surface area (Å²) in [6.07, 6.45) is 1.23. The van der Waals surface area contributed by atoms with Crippen molar-refractivity contribution in [2.75, 3.05) is 20.1 Å². The summed E-state index contributed by atoms with van der Waals surface area (Å²) in [5.74, 6) is 1.02. The van der Waals surface area contributed by atoms with E-state index in [2.05, 4.69) is 60.2 Å². The van der Waals surface area contributed by atoms with Gasteiger partial charge < -0.3 is 10.2 Å². The standard InChI is InChI=1S/C16H25N3/c1-13-5-7-14(8-6-13)11-18-15(17-4)19-10-9-16(2,3)12-19/h5-8H,9-12H2,1-4H3,(H,17,18). The summed E-state index contributed by atoms with van der Waals surface area (Å²) in [6, 6.07) is 8.64. The molecule has 0 aliphatic carbocycles. The van der Waals surface area contributed by atoms with Crippen LogP contribution in [0.5, 0.6) is 0 Å². The lowest BCUT2D eigenvalue weighted by Gasteiger charge is -2.23. The molecule has 1 saturated heterocycles. The molecule has 104 valence electrons. The van der Waals surface area contributed by atoms with Crippen molar-refractivity contribution >= 4 is 5.96 Å². The quantitative estimate of drug-likeness (QED) is 0.653. The first-order chi connectivity index (χ1) is 9.00. The lowest BCUT2D eigenvalue weighted by atomic mass is 9.93. The Balaban J connectivity index is 1.92. The molecule has 0 saturated carbocycles. The molecule has 0 amide bonds. The van der Waals surface area contributed by atoms with Gasteiger partial charge in [-0.25, -0.2) is 0 Å². The molecule has 1 N–H and O–H groups in total. The highest BCUT2D eigenvalue weighted by Crippen LogP contribution is 2.28. The van der Waals surface area contributed by atoms with E-state index >= 15 is 0 Å².